The van der Waals surface area contributed by atoms with Crippen molar-refractivity contribution in [3.63, 3.8) is 0 Å². The number of hydrogen-bond donors (Lipinski definition) is 1. The number of nitrogens with zero attached hydrogens (tertiary/aromatic N) is 5. The van der Waals surface area contributed by atoms with Gasteiger partial charge in [0.2, 0.25) is 10.7 Å². The molecule has 1 amide bonds. The normalized spacial score (nSPS) is 11.3. The van der Waals surface area contributed by atoms with Gasteiger partial charge in [-0.05, 0) is 80.6 Å². The van der Waals surface area contributed by atoms with E-state index in [1.54, 1.807) is 9.36 Å². The molecule has 1 aromatic heterocycles. The highest BCUT2D eigenvalue weighted by molar-refractivity contribution is 7.71. The maximum atomic E-state index is 11.8. The molecule has 24 heavy (non-hydrogen) atoms. The fourth-order valence-electron chi connectivity index (χ4n) is 2.27. The highest BCUT2D eigenvalue weighted by Crippen LogP contribution is 2.13. The van der Waals surface area contributed by atoms with Crippen LogP contribution < -0.4 is 5.32 Å². The number of hydrogen-bond acceptors (Lipinski definition) is 5. The lowest BCUT2D eigenvalue weighted by atomic mass is 10.1. The van der Waals surface area contributed by atoms with Crippen LogP contribution >= 0.6 is 12.2 Å². The number of tetrazole rings is 1. The predicted octanol–water partition coefficient (Wildman–Crippen LogP) is 1.83. The number of aromatic nitrogens is 4. The molecule has 7 nitrogen and oxygen atoms in total. The molecule has 0 atom stereocenters. The average molecular weight is 348 g/mol. The molecule has 0 aliphatic heterocycles. The quantitative estimate of drug-likeness (QED) is 0.807. The van der Waals surface area contributed by atoms with Gasteiger partial charge in [0.1, 0.15) is 0 Å². The van der Waals surface area contributed by atoms with Crippen LogP contribution in [0.3, 0.4) is 0 Å². The van der Waals surface area contributed by atoms with Gasteiger partial charge < -0.3 is 5.32 Å². The minimum atomic E-state index is -0.0273. The Balaban J connectivity index is 2.11. The predicted molar refractivity (Wildman–Crippen MR) is 95.6 cm³/mol. The average Bonchev–Trinajstić information content (AvgIpc) is 2.82. The maximum absolute atomic E-state index is 11.8. The Bertz CT molecular complexity index is 779. The topological polar surface area (TPSA) is 68.0 Å². The van der Waals surface area contributed by atoms with Crippen LogP contribution in [0.15, 0.2) is 18.2 Å². The van der Waals surface area contributed by atoms with Crippen LogP contribution in [0.5, 0.6) is 0 Å². The van der Waals surface area contributed by atoms with Gasteiger partial charge in [-0.25, -0.2) is 4.68 Å². The van der Waals surface area contributed by atoms with Gasteiger partial charge in [0.25, 0.3) is 0 Å². The molecule has 0 unspecified atom stereocenters. The van der Waals surface area contributed by atoms with Crippen LogP contribution in [-0.2, 0) is 11.5 Å². The molecular weight excluding hydrogens is 324 g/mol. The van der Waals surface area contributed by atoms with E-state index in [4.69, 9.17) is 12.2 Å². The zero-order valence-corrected chi connectivity index (χ0v) is 15.6. The van der Waals surface area contributed by atoms with Crippen molar-refractivity contribution in [1.82, 2.24) is 30.0 Å². The van der Waals surface area contributed by atoms with Gasteiger partial charge in [0, 0.05) is 6.04 Å². The van der Waals surface area contributed by atoms with Crippen molar-refractivity contribution >= 4 is 18.1 Å². The van der Waals surface area contributed by atoms with Crippen LogP contribution in [-0.4, -0.2) is 50.2 Å². The second kappa shape index (κ2) is 7.67. The molecule has 0 fully saturated rings. The third kappa shape index (κ3) is 4.48. The van der Waals surface area contributed by atoms with Crippen molar-refractivity contribution < 1.29 is 4.79 Å². The third-order valence-corrected chi connectivity index (χ3v) is 4.00. The smallest absolute Gasteiger partial charge is 0.234 e. The molecular formula is C16H24N6OS. The molecule has 2 aromatic rings. The summed E-state index contributed by atoms with van der Waals surface area (Å²) in [7, 11) is 1.84. The number of benzene rings is 1. The zero-order valence-electron chi connectivity index (χ0n) is 14.8. The molecule has 8 heteroatoms. The van der Waals surface area contributed by atoms with Gasteiger partial charge in [0.05, 0.1) is 18.9 Å². The number of rotatable bonds is 6. The minimum absolute atomic E-state index is 0.0273. The Labute approximate surface area is 147 Å². The van der Waals surface area contributed by atoms with Crippen LogP contribution in [0.1, 0.15) is 25.0 Å². The zero-order chi connectivity index (χ0) is 17.9. The van der Waals surface area contributed by atoms with Crippen molar-refractivity contribution in [2.24, 2.45) is 0 Å². The Morgan fingerprint density at radius 3 is 2.62 bits per heavy atom. The first-order chi connectivity index (χ1) is 11.3. The fourth-order valence-corrected chi connectivity index (χ4v) is 2.51. The lowest BCUT2D eigenvalue weighted by Gasteiger charge is -2.16. The number of carbonyl (C=O) groups excluding carboxylic acids is 1. The molecule has 1 aromatic carbocycles. The summed E-state index contributed by atoms with van der Waals surface area (Å²) in [6.45, 7) is 8.65. The van der Waals surface area contributed by atoms with E-state index in [9.17, 15) is 4.79 Å². The van der Waals surface area contributed by atoms with Crippen LogP contribution in [0.4, 0.5) is 0 Å². The largest absolute Gasteiger partial charge is 0.353 e. The number of carbonyl (C=O) groups is 1. The summed E-state index contributed by atoms with van der Waals surface area (Å²) < 4.78 is 3.73. The van der Waals surface area contributed by atoms with Gasteiger partial charge in [-0.1, -0.05) is 6.07 Å². The minimum Gasteiger partial charge on any atom is -0.353 e. The van der Waals surface area contributed by atoms with Gasteiger partial charge in [-0.2, -0.15) is 4.68 Å². The van der Waals surface area contributed by atoms with E-state index in [0.29, 0.717) is 11.4 Å². The summed E-state index contributed by atoms with van der Waals surface area (Å²) in [6, 6.07) is 6.16. The van der Waals surface area contributed by atoms with Crippen molar-refractivity contribution in [2.45, 2.75) is 40.4 Å². The maximum Gasteiger partial charge on any atom is 0.234 e. The van der Waals surface area contributed by atoms with E-state index in [1.165, 1.54) is 11.1 Å². The van der Waals surface area contributed by atoms with Crippen molar-refractivity contribution in [3.8, 4) is 5.69 Å². The molecule has 0 radical (unpaired) electrons. The molecule has 0 aliphatic rings. The molecule has 0 aliphatic carbocycles. The van der Waals surface area contributed by atoms with Gasteiger partial charge >= 0.3 is 0 Å². The lowest BCUT2D eigenvalue weighted by Crippen LogP contribution is -2.39. The first-order valence-corrected chi connectivity index (χ1v) is 8.27. The molecule has 0 spiro atoms. The van der Waals surface area contributed by atoms with E-state index >= 15 is 0 Å². The number of aryl methyl sites for hydroxylation is 2. The van der Waals surface area contributed by atoms with Gasteiger partial charge in [-0.15, -0.1) is 0 Å². The van der Waals surface area contributed by atoms with Crippen molar-refractivity contribution in [1.29, 1.82) is 0 Å². The monoisotopic (exact) mass is 348 g/mol. The third-order valence-electron chi connectivity index (χ3n) is 3.61. The molecule has 2 rings (SSSR count). The Morgan fingerprint density at radius 1 is 1.29 bits per heavy atom. The first kappa shape index (κ1) is 18.3. The summed E-state index contributed by atoms with van der Waals surface area (Å²) in [6.07, 6.45) is 0. The van der Waals surface area contributed by atoms with Gasteiger partial charge in [-0.3, -0.25) is 9.69 Å². The molecule has 0 saturated carbocycles. The van der Waals surface area contributed by atoms with E-state index in [-0.39, 0.29) is 18.5 Å². The van der Waals surface area contributed by atoms with E-state index in [2.05, 4.69) is 22.7 Å². The highest BCUT2D eigenvalue weighted by atomic mass is 32.1. The molecule has 0 saturated heterocycles. The van der Waals surface area contributed by atoms with Crippen LogP contribution in [0.25, 0.3) is 5.69 Å². The summed E-state index contributed by atoms with van der Waals surface area (Å²) in [5, 5.41) is 11.1. The summed E-state index contributed by atoms with van der Waals surface area (Å²) in [4.78, 5) is 13.6. The summed E-state index contributed by atoms with van der Waals surface area (Å²) in [5.74, 6) is -0.0273. The SMILES string of the molecule is Cc1ccc(-n2nnn(CN(C)CC(=O)NC(C)C)c2=S)cc1C. The molecule has 1 N–H and O–H groups in total. The molecule has 130 valence electrons. The summed E-state index contributed by atoms with van der Waals surface area (Å²) in [5.41, 5.74) is 3.27. The molecule has 1 heterocycles. The number of amides is 1. The second-order valence-corrected chi connectivity index (χ2v) is 6.68. The fraction of sp³-hybridized carbons (Fsp3) is 0.500. The standard InChI is InChI=1S/C16H24N6OS/c1-11(2)17-15(23)9-20(5)10-21-16(24)22(19-18-21)14-7-6-12(3)13(4)8-14/h6-8,11H,9-10H2,1-5H3,(H,17,23). The summed E-state index contributed by atoms with van der Waals surface area (Å²) >= 11 is 5.46. The van der Waals surface area contributed by atoms with Crippen LogP contribution in [0, 0.1) is 18.6 Å². The second-order valence-electron chi connectivity index (χ2n) is 6.32. The number of likely N-dealkylation sites (N-methyl/N-ethyl adjacent to an activating group) is 1. The Morgan fingerprint density at radius 2 is 2.00 bits per heavy atom. The first-order valence-electron chi connectivity index (χ1n) is 7.86. The van der Waals surface area contributed by atoms with Gasteiger partial charge in [0.15, 0.2) is 0 Å². The Hall–Kier alpha value is -2.06. The van der Waals surface area contributed by atoms with E-state index in [0.717, 1.165) is 5.69 Å². The number of nitrogens with one attached hydrogen (secondary N) is 1. The Kier molecular flexibility index (Phi) is 5.84. The van der Waals surface area contributed by atoms with Crippen molar-refractivity contribution in [2.75, 3.05) is 13.6 Å². The lowest BCUT2D eigenvalue weighted by molar-refractivity contribution is -0.122. The van der Waals surface area contributed by atoms with Crippen molar-refractivity contribution in [3.05, 3.63) is 34.1 Å². The highest BCUT2D eigenvalue weighted by Gasteiger charge is 2.11. The van der Waals surface area contributed by atoms with E-state index < -0.39 is 0 Å². The van der Waals surface area contributed by atoms with Crippen LogP contribution in [0.2, 0.25) is 0 Å². The van der Waals surface area contributed by atoms with E-state index in [1.807, 2.05) is 50.9 Å². The molecule has 0 bridgehead atoms.